The quantitative estimate of drug-likeness (QED) is 0.0222. The first-order valence-corrected chi connectivity index (χ1v) is 48.9. The maximum absolute atomic E-state index is 13.2. The van der Waals surface area contributed by atoms with Crippen LogP contribution in [0.1, 0.15) is 472 Å². The summed E-state index contributed by atoms with van der Waals surface area (Å²) < 4.78 is 68.9. The number of phosphoric ester groups is 2. The zero-order valence-electron chi connectivity index (χ0n) is 71.3. The third kappa shape index (κ3) is 80.7. The van der Waals surface area contributed by atoms with Crippen molar-refractivity contribution in [2.75, 3.05) is 39.6 Å². The average Bonchev–Trinajstić information content (AvgIpc) is 0.900. The molecule has 0 spiro atoms. The van der Waals surface area contributed by atoms with Crippen molar-refractivity contribution in [1.29, 1.82) is 0 Å². The van der Waals surface area contributed by atoms with E-state index in [0.29, 0.717) is 31.6 Å². The summed E-state index contributed by atoms with van der Waals surface area (Å²) >= 11 is 0. The van der Waals surface area contributed by atoms with Crippen LogP contribution in [0.4, 0.5) is 0 Å². The molecule has 0 rings (SSSR count). The number of unbranched alkanes of at least 4 members (excludes halogenated alkanes) is 54. The van der Waals surface area contributed by atoms with E-state index in [1.807, 2.05) is 0 Å². The Morgan fingerprint density at radius 2 is 0.472 bits per heavy atom. The molecule has 0 aliphatic heterocycles. The van der Waals surface area contributed by atoms with Gasteiger partial charge in [-0.15, -0.1) is 0 Å². The maximum atomic E-state index is 13.2. The molecule has 0 aliphatic carbocycles. The van der Waals surface area contributed by atoms with Crippen molar-refractivity contribution in [3.8, 4) is 0 Å². The summed E-state index contributed by atoms with van der Waals surface area (Å²) in [6.07, 6.45) is 71.1. The Morgan fingerprint density at radius 1 is 0.269 bits per heavy atom. The van der Waals surface area contributed by atoms with Crippen LogP contribution in [0.25, 0.3) is 0 Å². The van der Waals surface area contributed by atoms with Gasteiger partial charge < -0.3 is 33.8 Å². The fourth-order valence-electron chi connectivity index (χ4n) is 13.9. The van der Waals surface area contributed by atoms with Crippen molar-refractivity contribution in [3.05, 3.63) is 0 Å². The predicted octanol–water partition coefficient (Wildman–Crippen LogP) is 27.3. The van der Waals surface area contributed by atoms with Gasteiger partial charge in [0.15, 0.2) is 12.2 Å². The number of hydrogen-bond acceptors (Lipinski definition) is 15. The molecule has 3 unspecified atom stereocenters. The Morgan fingerprint density at radius 3 is 0.704 bits per heavy atom. The van der Waals surface area contributed by atoms with E-state index in [1.54, 1.807) is 0 Å². The van der Waals surface area contributed by atoms with E-state index < -0.39 is 97.5 Å². The third-order valence-corrected chi connectivity index (χ3v) is 23.1. The number of hydrogen-bond donors (Lipinski definition) is 3. The molecular weight excluding hydrogens is 1400 g/mol. The van der Waals surface area contributed by atoms with Gasteiger partial charge in [-0.25, -0.2) is 9.13 Å². The lowest BCUT2D eigenvalue weighted by Gasteiger charge is -2.21. The van der Waals surface area contributed by atoms with E-state index in [1.165, 1.54) is 276 Å². The number of carbonyl (C=O) groups is 4. The van der Waals surface area contributed by atoms with Crippen LogP contribution >= 0.6 is 15.6 Å². The lowest BCUT2D eigenvalue weighted by Crippen LogP contribution is -2.30. The minimum absolute atomic E-state index is 0.107. The molecule has 0 bridgehead atoms. The number of esters is 4. The van der Waals surface area contributed by atoms with Crippen molar-refractivity contribution in [1.82, 2.24) is 0 Å². The van der Waals surface area contributed by atoms with Gasteiger partial charge in [0.25, 0.3) is 0 Å². The minimum atomic E-state index is -4.97. The normalized spacial score (nSPS) is 14.1. The van der Waals surface area contributed by atoms with Crippen LogP contribution in [-0.2, 0) is 65.4 Å². The summed E-state index contributed by atoms with van der Waals surface area (Å²) in [5, 5.41) is 10.7. The Hall–Kier alpha value is -1.94. The lowest BCUT2D eigenvalue weighted by molar-refractivity contribution is -0.161. The molecule has 0 aromatic rings. The lowest BCUT2D eigenvalue weighted by atomic mass is 9.99. The summed E-state index contributed by atoms with van der Waals surface area (Å²) in [4.78, 5) is 73.3. The molecule has 0 fully saturated rings. The zero-order valence-corrected chi connectivity index (χ0v) is 73.1. The molecule has 6 atom stereocenters. The van der Waals surface area contributed by atoms with Crippen LogP contribution in [0.5, 0.6) is 0 Å². The van der Waals surface area contributed by atoms with Crippen molar-refractivity contribution < 1.29 is 80.2 Å². The number of phosphoric acid groups is 2. The van der Waals surface area contributed by atoms with Gasteiger partial charge in [-0.2, -0.15) is 0 Å². The fraction of sp³-hybridized carbons (Fsp3) is 0.955. The second-order valence-corrected chi connectivity index (χ2v) is 36.1. The minimum Gasteiger partial charge on any atom is -0.462 e. The van der Waals surface area contributed by atoms with Crippen LogP contribution in [0.15, 0.2) is 0 Å². The topological polar surface area (TPSA) is 237 Å². The molecule has 0 aliphatic rings. The van der Waals surface area contributed by atoms with Gasteiger partial charge in [0.1, 0.15) is 19.3 Å². The first-order valence-electron chi connectivity index (χ1n) is 45.9. The highest BCUT2D eigenvalue weighted by atomic mass is 31.2. The maximum Gasteiger partial charge on any atom is 0.472 e. The molecule has 17 nitrogen and oxygen atoms in total. The predicted molar refractivity (Wildman–Crippen MR) is 446 cm³/mol. The summed E-state index contributed by atoms with van der Waals surface area (Å²) in [6, 6.07) is 0. The van der Waals surface area contributed by atoms with Gasteiger partial charge in [0, 0.05) is 25.7 Å². The second-order valence-electron chi connectivity index (χ2n) is 33.2. The van der Waals surface area contributed by atoms with Crippen LogP contribution < -0.4 is 0 Å². The summed E-state index contributed by atoms with van der Waals surface area (Å²) in [5.41, 5.74) is 0. The number of carbonyl (C=O) groups excluding carboxylic acids is 4. The molecule has 0 aromatic carbocycles. The number of aliphatic hydroxyl groups excluding tert-OH is 1. The molecule has 0 saturated carbocycles. The van der Waals surface area contributed by atoms with E-state index in [-0.39, 0.29) is 25.7 Å². The molecule has 3 N–H and O–H groups in total. The van der Waals surface area contributed by atoms with Crippen molar-refractivity contribution >= 4 is 39.5 Å². The molecule has 108 heavy (non-hydrogen) atoms. The summed E-state index contributed by atoms with van der Waals surface area (Å²) in [5.74, 6) is 0.270. The Labute approximate surface area is 664 Å². The molecule has 19 heteroatoms. The van der Waals surface area contributed by atoms with Crippen molar-refractivity contribution in [2.24, 2.45) is 17.8 Å². The summed E-state index contributed by atoms with van der Waals surface area (Å²) in [7, 11) is -9.93. The van der Waals surface area contributed by atoms with Crippen LogP contribution in [0.2, 0.25) is 0 Å². The molecule has 0 saturated heterocycles. The standard InChI is InChI=1S/C89H174O17P2/c1-8-10-11-12-13-14-15-16-17-28-34-39-44-49-58-65-73-89(94)106-85(77-100-87(92)71-64-57-52-51-54-61-68-81(5)6)79-104-108(97,98)102-75-83(90)74-101-107(95,96)103-78-84(76-99-86(91)70-63-56-48-43-38-33-29-24-20-18-22-26-31-36-41-46-53-60-67-80(3)4)105-88(93)72-66-59-50-45-40-35-30-25-21-19-23-27-32-37-42-47-55-62-69-82(7)9-2/h80-85,90H,8-79H2,1-7H3,(H,95,96)(H,97,98)/t82?,83-,84-,85-/m1/s1. The van der Waals surface area contributed by atoms with Gasteiger partial charge in [-0.05, 0) is 43.4 Å². The Balaban J connectivity index is 5.20. The highest BCUT2D eigenvalue weighted by molar-refractivity contribution is 7.47. The largest absolute Gasteiger partial charge is 0.472 e. The first-order chi connectivity index (χ1) is 52.3. The van der Waals surface area contributed by atoms with Crippen molar-refractivity contribution in [3.63, 3.8) is 0 Å². The van der Waals surface area contributed by atoms with Crippen LogP contribution in [0, 0.1) is 17.8 Å². The smallest absolute Gasteiger partial charge is 0.462 e. The Kier molecular flexibility index (Phi) is 77.5. The highest BCUT2D eigenvalue weighted by Gasteiger charge is 2.31. The van der Waals surface area contributed by atoms with Gasteiger partial charge >= 0.3 is 39.5 Å². The second kappa shape index (κ2) is 78.9. The fourth-order valence-corrected chi connectivity index (χ4v) is 15.4. The van der Waals surface area contributed by atoms with E-state index in [4.69, 9.17) is 37.0 Å². The van der Waals surface area contributed by atoms with Gasteiger partial charge in [0.05, 0.1) is 26.4 Å². The van der Waals surface area contributed by atoms with E-state index in [9.17, 15) is 43.2 Å². The average molecular weight is 1580 g/mol. The third-order valence-electron chi connectivity index (χ3n) is 21.2. The molecule has 0 heterocycles. The zero-order chi connectivity index (χ0) is 79.3. The number of ether oxygens (including phenoxy) is 4. The Bertz CT molecular complexity index is 2080. The highest BCUT2D eigenvalue weighted by Crippen LogP contribution is 2.45. The van der Waals surface area contributed by atoms with Gasteiger partial charge in [0.2, 0.25) is 0 Å². The monoisotopic (exact) mass is 1580 g/mol. The van der Waals surface area contributed by atoms with Crippen LogP contribution in [-0.4, -0.2) is 96.7 Å². The van der Waals surface area contributed by atoms with Gasteiger partial charge in [-0.3, -0.25) is 37.3 Å². The van der Waals surface area contributed by atoms with E-state index in [0.717, 1.165) is 108 Å². The van der Waals surface area contributed by atoms with E-state index >= 15 is 0 Å². The summed E-state index contributed by atoms with van der Waals surface area (Å²) in [6.45, 7) is 12.0. The number of rotatable bonds is 87. The van der Waals surface area contributed by atoms with Crippen LogP contribution in [0.3, 0.4) is 0 Å². The van der Waals surface area contributed by atoms with Gasteiger partial charge in [-0.1, -0.05) is 421 Å². The molecule has 642 valence electrons. The molecule has 0 radical (unpaired) electrons. The SMILES string of the molecule is CCCCCCCCCCCCCCCCCCC(=O)O[C@H](COC(=O)CCCCCCCCC(C)C)COP(=O)(O)OC[C@H](O)COP(=O)(O)OC[C@@H](COC(=O)CCCCCCCCCCCCCCCCCCCCC(C)C)OC(=O)CCCCCCCCCCCCCCCCCCCCC(C)CC. The molecule has 0 amide bonds. The first kappa shape index (κ1) is 106. The van der Waals surface area contributed by atoms with E-state index in [2.05, 4.69) is 48.5 Å². The van der Waals surface area contributed by atoms with Crippen molar-refractivity contribution in [2.45, 2.75) is 491 Å². The number of aliphatic hydroxyl groups is 1. The molecule has 0 aromatic heterocycles. The molecular formula is C89H174O17P2.